The Labute approximate surface area is 180 Å². The van der Waals surface area contributed by atoms with Crippen molar-refractivity contribution < 1.29 is 17.6 Å². The standard InChI is InChI=1S/C20H24ClFN2O3S2/c1-15-18(21)5-3-6-19(15)24(29(2,26)27)13-20(25)23-11-4-12-28-14-16-7-9-17(22)10-8-16/h3,5-10H,4,11-14H2,1-2H3,(H,23,25). The summed E-state index contributed by atoms with van der Waals surface area (Å²) in [4.78, 5) is 12.3. The number of hydrogen-bond acceptors (Lipinski definition) is 4. The van der Waals surface area contributed by atoms with Crippen LogP contribution < -0.4 is 9.62 Å². The number of anilines is 1. The first-order valence-corrected chi connectivity index (χ1v) is 12.4. The molecule has 0 aromatic heterocycles. The van der Waals surface area contributed by atoms with Gasteiger partial charge in [0.05, 0.1) is 11.9 Å². The number of amides is 1. The zero-order valence-corrected chi connectivity index (χ0v) is 18.7. The summed E-state index contributed by atoms with van der Waals surface area (Å²) in [7, 11) is -3.64. The number of carbonyl (C=O) groups excluding carboxylic acids is 1. The van der Waals surface area contributed by atoms with E-state index in [9.17, 15) is 17.6 Å². The second kappa shape index (κ2) is 10.8. The summed E-state index contributed by atoms with van der Waals surface area (Å²) in [5, 5.41) is 3.19. The lowest BCUT2D eigenvalue weighted by Crippen LogP contribution is -2.41. The van der Waals surface area contributed by atoms with Gasteiger partial charge in [0, 0.05) is 17.3 Å². The van der Waals surface area contributed by atoms with Gasteiger partial charge in [0.1, 0.15) is 12.4 Å². The lowest BCUT2D eigenvalue weighted by molar-refractivity contribution is -0.119. The molecule has 2 rings (SSSR count). The Morgan fingerprint density at radius 2 is 1.90 bits per heavy atom. The Morgan fingerprint density at radius 3 is 2.55 bits per heavy atom. The second-order valence-electron chi connectivity index (χ2n) is 6.54. The van der Waals surface area contributed by atoms with Crippen LogP contribution in [-0.2, 0) is 20.6 Å². The van der Waals surface area contributed by atoms with Gasteiger partial charge in [0.25, 0.3) is 0 Å². The van der Waals surface area contributed by atoms with E-state index in [1.807, 2.05) is 0 Å². The van der Waals surface area contributed by atoms with E-state index < -0.39 is 10.0 Å². The van der Waals surface area contributed by atoms with Crippen molar-refractivity contribution in [3.8, 4) is 0 Å². The molecule has 0 saturated carbocycles. The van der Waals surface area contributed by atoms with Gasteiger partial charge in [-0.25, -0.2) is 12.8 Å². The maximum absolute atomic E-state index is 12.9. The summed E-state index contributed by atoms with van der Waals surface area (Å²) < 4.78 is 38.3. The molecule has 1 N–H and O–H groups in total. The first kappa shape index (κ1) is 23.5. The van der Waals surface area contributed by atoms with E-state index in [-0.39, 0.29) is 18.3 Å². The van der Waals surface area contributed by atoms with Gasteiger partial charge in [-0.05, 0) is 54.5 Å². The molecule has 0 heterocycles. The Bertz CT molecular complexity index is 937. The third-order valence-electron chi connectivity index (χ3n) is 4.16. The lowest BCUT2D eigenvalue weighted by Gasteiger charge is -2.24. The number of benzene rings is 2. The summed E-state index contributed by atoms with van der Waals surface area (Å²) in [6, 6.07) is 11.3. The van der Waals surface area contributed by atoms with Crippen molar-refractivity contribution in [3.05, 3.63) is 64.4 Å². The summed E-state index contributed by atoms with van der Waals surface area (Å²) >= 11 is 7.77. The largest absolute Gasteiger partial charge is 0.354 e. The fourth-order valence-corrected chi connectivity index (χ4v) is 4.60. The molecule has 2 aromatic carbocycles. The first-order chi connectivity index (χ1) is 13.7. The van der Waals surface area contributed by atoms with E-state index in [4.69, 9.17) is 11.6 Å². The van der Waals surface area contributed by atoms with Gasteiger partial charge >= 0.3 is 0 Å². The van der Waals surface area contributed by atoms with E-state index in [0.29, 0.717) is 22.8 Å². The smallest absolute Gasteiger partial charge is 0.240 e. The van der Waals surface area contributed by atoms with Crippen LogP contribution in [0.2, 0.25) is 5.02 Å². The highest BCUT2D eigenvalue weighted by Gasteiger charge is 2.22. The fourth-order valence-electron chi connectivity index (χ4n) is 2.61. The summed E-state index contributed by atoms with van der Waals surface area (Å²) in [5.74, 6) is 0.959. The molecule has 0 atom stereocenters. The van der Waals surface area contributed by atoms with Gasteiger partial charge < -0.3 is 5.32 Å². The Hall–Kier alpha value is -1.77. The number of rotatable bonds is 10. The maximum Gasteiger partial charge on any atom is 0.240 e. The van der Waals surface area contributed by atoms with Gasteiger partial charge in [-0.1, -0.05) is 29.8 Å². The SMILES string of the molecule is Cc1c(Cl)cccc1N(CC(=O)NCCCSCc1ccc(F)cc1)S(C)(=O)=O. The van der Waals surface area contributed by atoms with Gasteiger partial charge in [-0.3, -0.25) is 9.10 Å². The molecule has 158 valence electrons. The number of thioether (sulfide) groups is 1. The molecule has 0 bridgehead atoms. The maximum atomic E-state index is 12.9. The van der Waals surface area contributed by atoms with Crippen LogP contribution in [0.25, 0.3) is 0 Å². The zero-order valence-electron chi connectivity index (χ0n) is 16.3. The van der Waals surface area contributed by atoms with Crippen LogP contribution in [-0.4, -0.2) is 39.4 Å². The lowest BCUT2D eigenvalue weighted by atomic mass is 10.2. The van der Waals surface area contributed by atoms with E-state index >= 15 is 0 Å². The Kier molecular flexibility index (Phi) is 8.79. The summed E-state index contributed by atoms with van der Waals surface area (Å²) in [5.41, 5.74) is 2.04. The van der Waals surface area contributed by atoms with Crippen molar-refractivity contribution in [2.45, 2.75) is 19.1 Å². The minimum atomic E-state index is -3.64. The fraction of sp³-hybridized carbons (Fsp3) is 0.350. The molecule has 29 heavy (non-hydrogen) atoms. The number of nitrogens with one attached hydrogen (secondary N) is 1. The van der Waals surface area contributed by atoms with Crippen molar-refractivity contribution in [1.29, 1.82) is 0 Å². The van der Waals surface area contributed by atoms with Crippen LogP contribution in [0, 0.1) is 12.7 Å². The molecule has 0 aliphatic carbocycles. The van der Waals surface area contributed by atoms with Crippen molar-refractivity contribution in [1.82, 2.24) is 5.32 Å². The van der Waals surface area contributed by atoms with Crippen molar-refractivity contribution in [2.24, 2.45) is 0 Å². The summed E-state index contributed by atoms with van der Waals surface area (Å²) in [6.07, 6.45) is 1.80. The second-order valence-corrected chi connectivity index (χ2v) is 9.96. The number of nitrogens with zero attached hydrogens (tertiary/aromatic N) is 1. The monoisotopic (exact) mass is 458 g/mol. The van der Waals surface area contributed by atoms with Crippen molar-refractivity contribution in [3.63, 3.8) is 0 Å². The highest BCUT2D eigenvalue weighted by atomic mass is 35.5. The molecule has 0 aliphatic heterocycles. The topological polar surface area (TPSA) is 66.5 Å². The predicted molar refractivity (Wildman–Crippen MR) is 119 cm³/mol. The van der Waals surface area contributed by atoms with Crippen LogP contribution >= 0.6 is 23.4 Å². The highest BCUT2D eigenvalue weighted by Crippen LogP contribution is 2.27. The molecule has 5 nitrogen and oxygen atoms in total. The minimum absolute atomic E-state index is 0.252. The average Bonchev–Trinajstić information content (AvgIpc) is 2.66. The molecule has 0 spiro atoms. The zero-order chi connectivity index (χ0) is 21.4. The van der Waals surface area contributed by atoms with E-state index in [1.54, 1.807) is 49.0 Å². The Morgan fingerprint density at radius 1 is 1.21 bits per heavy atom. The van der Waals surface area contributed by atoms with Crippen LogP contribution in [0.15, 0.2) is 42.5 Å². The van der Waals surface area contributed by atoms with Gasteiger partial charge in [0.15, 0.2) is 0 Å². The molecule has 0 unspecified atom stereocenters. The number of halogens is 2. The van der Waals surface area contributed by atoms with Crippen LogP contribution in [0.3, 0.4) is 0 Å². The molecule has 1 amide bonds. The minimum Gasteiger partial charge on any atom is -0.354 e. The van der Waals surface area contributed by atoms with Crippen LogP contribution in [0.1, 0.15) is 17.5 Å². The van der Waals surface area contributed by atoms with Crippen molar-refractivity contribution in [2.75, 3.05) is 29.4 Å². The Balaban J connectivity index is 1.80. The molecular formula is C20H24ClFN2O3S2. The highest BCUT2D eigenvalue weighted by molar-refractivity contribution is 7.98. The number of carbonyl (C=O) groups is 1. The molecule has 9 heteroatoms. The predicted octanol–water partition coefficient (Wildman–Crippen LogP) is 3.99. The van der Waals surface area contributed by atoms with Crippen LogP contribution in [0.4, 0.5) is 10.1 Å². The normalized spacial score (nSPS) is 11.3. The van der Waals surface area contributed by atoms with E-state index in [1.165, 1.54) is 12.1 Å². The average molecular weight is 459 g/mol. The van der Waals surface area contributed by atoms with Gasteiger partial charge in [-0.2, -0.15) is 11.8 Å². The molecular weight excluding hydrogens is 435 g/mol. The third kappa shape index (κ3) is 7.53. The van der Waals surface area contributed by atoms with E-state index in [2.05, 4.69) is 5.32 Å². The van der Waals surface area contributed by atoms with Gasteiger partial charge in [-0.15, -0.1) is 0 Å². The molecule has 0 radical (unpaired) electrons. The summed E-state index contributed by atoms with van der Waals surface area (Å²) in [6.45, 7) is 1.86. The quantitative estimate of drug-likeness (QED) is 0.546. The van der Waals surface area contributed by atoms with Gasteiger partial charge in [0.2, 0.25) is 15.9 Å². The third-order valence-corrected chi connectivity index (χ3v) is 6.82. The van der Waals surface area contributed by atoms with Crippen molar-refractivity contribution >= 4 is 45.0 Å². The van der Waals surface area contributed by atoms with E-state index in [0.717, 1.165) is 34.1 Å². The number of hydrogen-bond donors (Lipinski definition) is 1. The molecule has 0 saturated heterocycles. The number of sulfonamides is 1. The first-order valence-electron chi connectivity index (χ1n) is 9.00. The molecule has 0 aliphatic rings. The molecule has 2 aromatic rings. The molecule has 0 fully saturated rings. The van der Waals surface area contributed by atoms with Crippen LogP contribution in [0.5, 0.6) is 0 Å².